The highest BCUT2D eigenvalue weighted by Gasteiger charge is 2.11. The lowest BCUT2D eigenvalue weighted by Crippen LogP contribution is -2.16. The summed E-state index contributed by atoms with van der Waals surface area (Å²) in [5.74, 6) is 2.35. The molecule has 0 heterocycles. The van der Waals surface area contributed by atoms with Crippen LogP contribution in [-0.4, -0.2) is 27.1 Å². The standard InChI is InChI=1S/C16H20O4Si/c1-12(17)20-11-15-7-6-14(16(18)19-2)10-13(15)8-9-21(3,4)5/h6-7,10H,11H2,1-5H3. The molecular weight excluding hydrogens is 284 g/mol. The van der Waals surface area contributed by atoms with Crippen LogP contribution in [0, 0.1) is 11.5 Å². The van der Waals surface area contributed by atoms with E-state index in [0.29, 0.717) is 11.1 Å². The van der Waals surface area contributed by atoms with Crippen molar-refractivity contribution in [3.63, 3.8) is 0 Å². The van der Waals surface area contributed by atoms with E-state index in [2.05, 4.69) is 31.1 Å². The van der Waals surface area contributed by atoms with E-state index in [1.54, 1.807) is 18.2 Å². The number of rotatable bonds is 3. The molecule has 0 aromatic heterocycles. The maximum absolute atomic E-state index is 11.6. The number of benzene rings is 1. The minimum absolute atomic E-state index is 0.145. The van der Waals surface area contributed by atoms with Gasteiger partial charge in [0.15, 0.2) is 0 Å². The zero-order chi connectivity index (χ0) is 16.0. The van der Waals surface area contributed by atoms with Crippen molar-refractivity contribution in [1.29, 1.82) is 0 Å². The Kier molecular flexibility index (Phi) is 5.74. The Bertz CT molecular complexity index is 603. The SMILES string of the molecule is COC(=O)c1ccc(COC(C)=O)c(C#C[Si](C)(C)C)c1. The summed E-state index contributed by atoms with van der Waals surface area (Å²) in [6, 6.07) is 5.06. The molecule has 0 radical (unpaired) electrons. The Morgan fingerprint density at radius 3 is 2.43 bits per heavy atom. The predicted octanol–water partition coefficient (Wildman–Crippen LogP) is 2.77. The average molecular weight is 304 g/mol. The lowest BCUT2D eigenvalue weighted by atomic mass is 10.0. The Hall–Kier alpha value is -2.06. The fourth-order valence-corrected chi connectivity index (χ4v) is 2.01. The van der Waals surface area contributed by atoms with Crippen LogP contribution in [0.4, 0.5) is 0 Å². The molecule has 0 aliphatic carbocycles. The molecule has 0 N–H and O–H groups in total. The number of esters is 2. The first-order valence-electron chi connectivity index (χ1n) is 6.61. The Morgan fingerprint density at radius 1 is 1.24 bits per heavy atom. The third kappa shape index (κ3) is 5.84. The van der Waals surface area contributed by atoms with Crippen LogP contribution >= 0.6 is 0 Å². The fourth-order valence-electron chi connectivity index (χ4n) is 1.50. The van der Waals surface area contributed by atoms with Gasteiger partial charge in [0.2, 0.25) is 0 Å². The monoisotopic (exact) mass is 304 g/mol. The molecule has 1 aromatic carbocycles. The summed E-state index contributed by atoms with van der Waals surface area (Å²) < 4.78 is 9.73. The van der Waals surface area contributed by atoms with E-state index in [1.165, 1.54) is 14.0 Å². The van der Waals surface area contributed by atoms with Crippen molar-refractivity contribution in [1.82, 2.24) is 0 Å². The first-order chi connectivity index (χ1) is 9.73. The summed E-state index contributed by atoms with van der Waals surface area (Å²) in [5.41, 5.74) is 5.16. The van der Waals surface area contributed by atoms with E-state index in [-0.39, 0.29) is 12.6 Å². The van der Waals surface area contributed by atoms with Gasteiger partial charge in [-0.25, -0.2) is 4.79 Å². The van der Waals surface area contributed by atoms with Crippen LogP contribution in [0.2, 0.25) is 19.6 Å². The van der Waals surface area contributed by atoms with Gasteiger partial charge in [0.1, 0.15) is 14.7 Å². The molecule has 0 saturated heterocycles. The number of hydrogen-bond donors (Lipinski definition) is 0. The minimum Gasteiger partial charge on any atom is -0.465 e. The van der Waals surface area contributed by atoms with Crippen LogP contribution < -0.4 is 0 Å². The highest BCUT2D eigenvalue weighted by atomic mass is 28.3. The molecule has 0 amide bonds. The zero-order valence-electron chi connectivity index (χ0n) is 13.1. The van der Waals surface area contributed by atoms with E-state index in [1.807, 2.05) is 0 Å². The van der Waals surface area contributed by atoms with Crippen molar-refractivity contribution in [3.8, 4) is 11.5 Å². The topological polar surface area (TPSA) is 52.6 Å². The highest BCUT2D eigenvalue weighted by molar-refractivity contribution is 6.83. The van der Waals surface area contributed by atoms with Gasteiger partial charge in [-0.05, 0) is 12.1 Å². The molecular formula is C16H20O4Si. The van der Waals surface area contributed by atoms with Crippen molar-refractivity contribution < 1.29 is 19.1 Å². The molecule has 4 nitrogen and oxygen atoms in total. The molecule has 0 saturated carbocycles. The van der Waals surface area contributed by atoms with Gasteiger partial charge in [-0.2, -0.15) is 0 Å². The van der Waals surface area contributed by atoms with Crippen molar-refractivity contribution >= 4 is 20.0 Å². The summed E-state index contributed by atoms with van der Waals surface area (Å²) in [4.78, 5) is 22.5. The first-order valence-corrected chi connectivity index (χ1v) is 10.1. The summed E-state index contributed by atoms with van der Waals surface area (Å²) in [5, 5.41) is 0. The second-order valence-electron chi connectivity index (χ2n) is 5.64. The first kappa shape index (κ1) is 17.0. The van der Waals surface area contributed by atoms with E-state index >= 15 is 0 Å². The maximum atomic E-state index is 11.6. The van der Waals surface area contributed by atoms with Gasteiger partial charge in [-0.1, -0.05) is 31.6 Å². The van der Waals surface area contributed by atoms with Gasteiger partial charge < -0.3 is 9.47 Å². The molecule has 0 fully saturated rings. The molecule has 0 atom stereocenters. The molecule has 0 unspecified atom stereocenters. The summed E-state index contributed by atoms with van der Waals surface area (Å²) in [7, 11) is -0.210. The second kappa shape index (κ2) is 7.09. The smallest absolute Gasteiger partial charge is 0.337 e. The van der Waals surface area contributed by atoms with Crippen LogP contribution in [-0.2, 0) is 20.9 Å². The molecule has 1 aromatic rings. The van der Waals surface area contributed by atoms with Gasteiger partial charge in [-0.3, -0.25) is 4.79 Å². The lowest BCUT2D eigenvalue weighted by molar-refractivity contribution is -0.142. The van der Waals surface area contributed by atoms with Crippen LogP contribution in [0.1, 0.15) is 28.4 Å². The maximum Gasteiger partial charge on any atom is 0.337 e. The molecule has 0 aliphatic heterocycles. The van der Waals surface area contributed by atoms with Gasteiger partial charge in [-0.15, -0.1) is 5.54 Å². The average Bonchev–Trinajstić information content (AvgIpc) is 2.41. The molecule has 5 heteroatoms. The van der Waals surface area contributed by atoms with Crippen LogP contribution in [0.15, 0.2) is 18.2 Å². The lowest BCUT2D eigenvalue weighted by Gasteiger charge is -2.08. The van der Waals surface area contributed by atoms with E-state index < -0.39 is 14.0 Å². The summed E-state index contributed by atoms with van der Waals surface area (Å²) in [6.45, 7) is 7.91. The second-order valence-corrected chi connectivity index (χ2v) is 10.4. The largest absolute Gasteiger partial charge is 0.465 e. The molecule has 112 valence electrons. The Morgan fingerprint density at radius 2 is 1.90 bits per heavy atom. The van der Waals surface area contributed by atoms with Gasteiger partial charge in [0, 0.05) is 18.1 Å². The number of ether oxygens (including phenoxy) is 2. The Labute approximate surface area is 126 Å². The third-order valence-corrected chi connectivity index (χ3v) is 3.41. The zero-order valence-corrected chi connectivity index (χ0v) is 14.1. The summed E-state index contributed by atoms with van der Waals surface area (Å²) >= 11 is 0. The van der Waals surface area contributed by atoms with Crippen LogP contribution in [0.3, 0.4) is 0 Å². The minimum atomic E-state index is -1.55. The van der Waals surface area contributed by atoms with E-state index in [0.717, 1.165) is 5.56 Å². The molecule has 0 spiro atoms. The van der Waals surface area contributed by atoms with Crippen molar-refractivity contribution in [2.45, 2.75) is 33.2 Å². The summed E-state index contributed by atoms with van der Waals surface area (Å²) in [6.07, 6.45) is 0. The van der Waals surface area contributed by atoms with Crippen LogP contribution in [0.25, 0.3) is 0 Å². The van der Waals surface area contributed by atoms with Gasteiger partial charge >= 0.3 is 11.9 Å². The van der Waals surface area contributed by atoms with Crippen molar-refractivity contribution in [2.24, 2.45) is 0 Å². The molecule has 0 bridgehead atoms. The number of carbonyl (C=O) groups is 2. The normalized spacial score (nSPS) is 10.3. The molecule has 0 aliphatic rings. The highest BCUT2D eigenvalue weighted by Crippen LogP contribution is 2.14. The number of carbonyl (C=O) groups excluding carboxylic acids is 2. The Balaban J connectivity index is 3.20. The predicted molar refractivity (Wildman–Crippen MR) is 83.5 cm³/mol. The fraction of sp³-hybridized carbons (Fsp3) is 0.375. The van der Waals surface area contributed by atoms with Crippen molar-refractivity contribution in [2.75, 3.05) is 7.11 Å². The molecule has 21 heavy (non-hydrogen) atoms. The van der Waals surface area contributed by atoms with Crippen LogP contribution in [0.5, 0.6) is 0 Å². The third-order valence-electron chi connectivity index (χ3n) is 2.53. The number of hydrogen-bond acceptors (Lipinski definition) is 4. The van der Waals surface area contributed by atoms with E-state index in [4.69, 9.17) is 9.47 Å². The van der Waals surface area contributed by atoms with Crippen molar-refractivity contribution in [3.05, 3.63) is 34.9 Å². The van der Waals surface area contributed by atoms with Gasteiger partial charge in [0.25, 0.3) is 0 Å². The number of methoxy groups -OCH3 is 1. The molecule has 1 rings (SSSR count). The van der Waals surface area contributed by atoms with Gasteiger partial charge in [0.05, 0.1) is 12.7 Å². The van der Waals surface area contributed by atoms with E-state index in [9.17, 15) is 9.59 Å². The quantitative estimate of drug-likeness (QED) is 0.489.